The maximum atomic E-state index is 12.4. The molecule has 0 aliphatic carbocycles. The molecule has 3 atom stereocenters. The lowest BCUT2D eigenvalue weighted by Crippen LogP contribution is -2.33. The molecule has 0 bridgehead atoms. The number of esters is 1. The average molecular weight is 530 g/mol. The zero-order valence-corrected chi connectivity index (χ0v) is 21.6. The Balaban J connectivity index is 1.47. The van der Waals surface area contributed by atoms with Gasteiger partial charge in [0.05, 0.1) is 11.7 Å². The van der Waals surface area contributed by atoms with Gasteiger partial charge in [0.2, 0.25) is 0 Å². The van der Waals surface area contributed by atoms with Gasteiger partial charge in [0.1, 0.15) is 25.7 Å². The Labute approximate surface area is 220 Å². The number of hydrogen-bond acceptors (Lipinski definition) is 8. The lowest BCUT2D eigenvalue weighted by Gasteiger charge is -2.19. The van der Waals surface area contributed by atoms with Crippen LogP contribution >= 0.6 is 0 Å². The molecule has 1 aliphatic rings. The Hall–Kier alpha value is -3.44. The largest absolute Gasteiger partial charge is 0.459 e. The number of unbranched alkanes of at least 4 members (excludes halogenated alkanes) is 5. The summed E-state index contributed by atoms with van der Waals surface area (Å²) in [4.78, 5) is 41.6. The number of nitrogens with zero attached hydrogens (tertiary/aromatic N) is 4. The molecule has 0 unspecified atom stereocenters. The highest BCUT2D eigenvalue weighted by molar-refractivity contribution is 5.89. The van der Waals surface area contributed by atoms with Crippen molar-refractivity contribution < 1.29 is 23.7 Å². The smallest absolute Gasteiger partial charge is 0.338 e. The molecule has 1 fully saturated rings. The predicted octanol–water partition coefficient (Wildman–Crippen LogP) is 4.00. The molecule has 0 amide bonds. The third-order valence-electron chi connectivity index (χ3n) is 6.25. The summed E-state index contributed by atoms with van der Waals surface area (Å²) < 4.78 is 24.4. The average Bonchev–Trinajstić information content (AvgIpc) is 3.33. The van der Waals surface area contributed by atoms with Crippen LogP contribution in [0.1, 0.15) is 67.1 Å². The van der Waals surface area contributed by atoms with Crippen LogP contribution in [0.4, 0.5) is 0 Å². The molecular formula is C26H35N5O7. The second-order valence-corrected chi connectivity index (χ2v) is 9.12. The minimum Gasteiger partial charge on any atom is -0.459 e. The van der Waals surface area contributed by atoms with Crippen LogP contribution in [-0.2, 0) is 18.9 Å². The molecule has 3 rings (SSSR count). The van der Waals surface area contributed by atoms with Gasteiger partial charge in [0.25, 0.3) is 5.56 Å². The molecule has 1 saturated heterocycles. The minimum absolute atomic E-state index is 0.0373. The van der Waals surface area contributed by atoms with Crippen molar-refractivity contribution in [1.82, 2.24) is 9.55 Å². The van der Waals surface area contributed by atoms with E-state index in [9.17, 15) is 14.4 Å². The molecule has 206 valence electrons. The second kappa shape index (κ2) is 15.7. The summed E-state index contributed by atoms with van der Waals surface area (Å²) >= 11 is 0. The van der Waals surface area contributed by atoms with E-state index in [0.717, 1.165) is 38.5 Å². The predicted molar refractivity (Wildman–Crippen MR) is 139 cm³/mol. The number of aromatic amines is 1. The van der Waals surface area contributed by atoms with Crippen molar-refractivity contribution in [3.05, 3.63) is 78.9 Å². The van der Waals surface area contributed by atoms with Crippen LogP contribution in [0.3, 0.4) is 0 Å². The molecule has 0 spiro atoms. The Morgan fingerprint density at radius 3 is 2.66 bits per heavy atom. The van der Waals surface area contributed by atoms with Gasteiger partial charge in [-0.05, 0) is 37.4 Å². The van der Waals surface area contributed by atoms with Gasteiger partial charge >= 0.3 is 11.7 Å². The lowest BCUT2D eigenvalue weighted by molar-refractivity contribution is -0.120. The molecule has 1 aromatic heterocycles. The number of carbonyl (C=O) groups excluding carboxylic acids is 1. The monoisotopic (exact) mass is 529 g/mol. The van der Waals surface area contributed by atoms with E-state index in [1.807, 2.05) is 6.07 Å². The zero-order chi connectivity index (χ0) is 27.2. The van der Waals surface area contributed by atoms with Crippen molar-refractivity contribution >= 4 is 5.97 Å². The lowest BCUT2D eigenvalue weighted by atomic mass is 10.1. The van der Waals surface area contributed by atoms with Gasteiger partial charge in [-0.25, -0.2) is 9.59 Å². The Bertz CT molecular complexity index is 1180. The van der Waals surface area contributed by atoms with Crippen LogP contribution in [0, 0.1) is 6.92 Å². The standard InChI is InChI=1S/C26H35N5O7/c1-19-16-31(26(34)29-24(19)32)23-15-21(22(38-23)17-36-25(33)20-11-7-6-8-12-20)37-18-35-14-10-5-3-2-4-9-13-28-30-27/h6-8,11-12,16,21-23H,2-5,9-10,13-15,17-18H2,1H3,(H,29,32,34)/t21-,22+,23+/m0/s1. The van der Waals surface area contributed by atoms with Crippen LogP contribution in [0.25, 0.3) is 10.4 Å². The molecule has 12 nitrogen and oxygen atoms in total. The van der Waals surface area contributed by atoms with Gasteiger partial charge in [-0.1, -0.05) is 49.0 Å². The fraction of sp³-hybridized carbons (Fsp3) is 0.577. The van der Waals surface area contributed by atoms with Gasteiger partial charge in [0.15, 0.2) is 0 Å². The number of ether oxygens (including phenoxy) is 4. The number of H-pyrrole nitrogens is 1. The van der Waals surface area contributed by atoms with E-state index in [-0.39, 0.29) is 13.4 Å². The maximum Gasteiger partial charge on any atom is 0.338 e. The topological polar surface area (TPSA) is 158 Å². The van der Waals surface area contributed by atoms with Crippen molar-refractivity contribution in [2.24, 2.45) is 5.11 Å². The first-order valence-electron chi connectivity index (χ1n) is 12.9. The number of azide groups is 1. The molecule has 2 aromatic rings. The van der Waals surface area contributed by atoms with E-state index in [4.69, 9.17) is 24.5 Å². The van der Waals surface area contributed by atoms with Crippen molar-refractivity contribution in [1.29, 1.82) is 0 Å². The van der Waals surface area contributed by atoms with E-state index >= 15 is 0 Å². The minimum atomic E-state index is -0.692. The zero-order valence-electron chi connectivity index (χ0n) is 21.6. The molecule has 12 heteroatoms. The van der Waals surface area contributed by atoms with Crippen molar-refractivity contribution in [2.45, 2.75) is 70.3 Å². The third kappa shape index (κ3) is 9.14. The van der Waals surface area contributed by atoms with Crippen LogP contribution in [0.5, 0.6) is 0 Å². The fourth-order valence-corrected chi connectivity index (χ4v) is 4.14. The summed E-state index contributed by atoms with van der Waals surface area (Å²) in [5.74, 6) is -0.484. The maximum absolute atomic E-state index is 12.4. The number of carbonyl (C=O) groups is 1. The molecule has 1 aromatic carbocycles. The SMILES string of the molecule is Cc1cn([C@H]2C[C@H](OCOCCCCCCCCN=[N+]=[N-])[C@@H](COC(=O)c3ccccc3)O2)c(=O)[nH]c1=O. The van der Waals surface area contributed by atoms with Crippen LogP contribution in [0.2, 0.25) is 0 Å². The molecule has 0 radical (unpaired) electrons. The first-order chi connectivity index (χ1) is 18.5. The number of rotatable bonds is 16. The van der Waals surface area contributed by atoms with Crippen LogP contribution < -0.4 is 11.2 Å². The number of hydrogen-bond donors (Lipinski definition) is 1. The van der Waals surface area contributed by atoms with Crippen molar-refractivity contribution in [2.75, 3.05) is 26.6 Å². The number of aryl methyl sites for hydroxylation is 1. The van der Waals surface area contributed by atoms with Gasteiger partial charge < -0.3 is 18.9 Å². The summed E-state index contributed by atoms with van der Waals surface area (Å²) in [5, 5.41) is 3.53. The number of benzene rings is 1. The summed E-state index contributed by atoms with van der Waals surface area (Å²) in [6.45, 7) is 2.67. The van der Waals surface area contributed by atoms with Crippen LogP contribution in [0.15, 0.2) is 51.2 Å². The van der Waals surface area contributed by atoms with Gasteiger partial charge in [-0.15, -0.1) is 0 Å². The van der Waals surface area contributed by atoms with Gasteiger partial charge in [0, 0.05) is 36.2 Å². The Morgan fingerprint density at radius 1 is 1.16 bits per heavy atom. The highest BCUT2D eigenvalue weighted by atomic mass is 16.7. The quantitative estimate of drug-likeness (QED) is 0.0859. The van der Waals surface area contributed by atoms with Gasteiger partial charge in [-0.3, -0.25) is 14.3 Å². The highest BCUT2D eigenvalue weighted by Crippen LogP contribution is 2.30. The summed E-state index contributed by atoms with van der Waals surface area (Å²) in [7, 11) is 0. The Morgan fingerprint density at radius 2 is 1.89 bits per heavy atom. The van der Waals surface area contributed by atoms with E-state index in [1.54, 1.807) is 31.2 Å². The number of nitrogens with one attached hydrogen (secondary N) is 1. The third-order valence-corrected chi connectivity index (χ3v) is 6.25. The van der Waals surface area contributed by atoms with Crippen LogP contribution in [-0.4, -0.2) is 54.3 Å². The Kier molecular flexibility index (Phi) is 12.1. The second-order valence-electron chi connectivity index (χ2n) is 9.12. The summed E-state index contributed by atoms with van der Waals surface area (Å²) in [6.07, 6.45) is 6.02. The first kappa shape index (κ1) is 29.1. The summed E-state index contributed by atoms with van der Waals surface area (Å²) in [6, 6.07) is 8.63. The van der Waals surface area contributed by atoms with Crippen molar-refractivity contribution in [3.63, 3.8) is 0 Å². The fourth-order valence-electron chi connectivity index (χ4n) is 4.14. The summed E-state index contributed by atoms with van der Waals surface area (Å²) in [5.41, 5.74) is 8.03. The van der Waals surface area contributed by atoms with E-state index in [1.165, 1.54) is 10.8 Å². The molecule has 0 saturated carbocycles. The highest BCUT2D eigenvalue weighted by Gasteiger charge is 2.38. The van der Waals surface area contributed by atoms with E-state index in [0.29, 0.717) is 30.7 Å². The molecule has 1 N–H and O–H groups in total. The van der Waals surface area contributed by atoms with Gasteiger partial charge in [-0.2, -0.15) is 0 Å². The molecule has 1 aliphatic heterocycles. The molecular weight excluding hydrogens is 494 g/mol. The number of aromatic nitrogens is 2. The molecule has 38 heavy (non-hydrogen) atoms. The van der Waals surface area contributed by atoms with E-state index in [2.05, 4.69) is 15.0 Å². The van der Waals surface area contributed by atoms with E-state index < -0.39 is 35.7 Å². The first-order valence-corrected chi connectivity index (χ1v) is 12.9. The molecule has 2 heterocycles. The normalized spacial score (nSPS) is 18.7. The van der Waals surface area contributed by atoms with Crippen molar-refractivity contribution in [3.8, 4) is 0 Å².